The van der Waals surface area contributed by atoms with E-state index in [-0.39, 0.29) is 28.3 Å². The highest BCUT2D eigenvalue weighted by atomic mass is 32.2. The predicted octanol–water partition coefficient (Wildman–Crippen LogP) is 5.00. The molecule has 1 aliphatic heterocycles. The summed E-state index contributed by atoms with van der Waals surface area (Å²) in [4.78, 5) is 26.7. The zero-order valence-electron chi connectivity index (χ0n) is 17.1. The van der Waals surface area contributed by atoms with Gasteiger partial charge in [-0.3, -0.25) is 14.5 Å². The lowest BCUT2D eigenvalue weighted by atomic mass is 10.1. The van der Waals surface area contributed by atoms with E-state index in [9.17, 15) is 18.0 Å². The highest BCUT2D eigenvalue weighted by Gasteiger charge is 2.35. The van der Waals surface area contributed by atoms with Gasteiger partial charge >= 0.3 is 10.1 Å². The second-order valence-corrected chi connectivity index (χ2v) is 9.72. The maximum absolute atomic E-state index is 12.7. The van der Waals surface area contributed by atoms with Gasteiger partial charge in [0.15, 0.2) is 0 Å². The van der Waals surface area contributed by atoms with Crippen molar-refractivity contribution in [3.63, 3.8) is 0 Å². The smallest absolute Gasteiger partial charge is 0.339 e. The van der Waals surface area contributed by atoms with Gasteiger partial charge in [-0.15, -0.1) is 0 Å². The van der Waals surface area contributed by atoms with E-state index < -0.39 is 10.1 Å². The van der Waals surface area contributed by atoms with Crippen LogP contribution in [0.3, 0.4) is 0 Å². The molecule has 0 N–H and O–H groups in total. The van der Waals surface area contributed by atoms with Crippen LogP contribution in [0.15, 0.2) is 88.7 Å². The van der Waals surface area contributed by atoms with Crippen molar-refractivity contribution in [2.75, 3.05) is 0 Å². The molecule has 4 rings (SSSR count). The minimum atomic E-state index is -3.93. The van der Waals surface area contributed by atoms with Crippen LogP contribution < -0.4 is 4.18 Å². The molecule has 0 aromatic heterocycles. The molecule has 1 aliphatic rings. The predicted molar refractivity (Wildman–Crippen MR) is 123 cm³/mol. The molecule has 0 atom stereocenters. The maximum Gasteiger partial charge on any atom is 0.339 e. The maximum atomic E-state index is 12.7. The van der Waals surface area contributed by atoms with Crippen molar-refractivity contribution in [3.8, 4) is 5.75 Å². The quantitative estimate of drug-likeness (QED) is 0.376. The summed E-state index contributed by atoms with van der Waals surface area (Å²) in [5.74, 6) is -0.202. The molecule has 0 radical (unpaired) electrons. The average molecular weight is 466 g/mol. The number of thioether (sulfide) groups is 1. The van der Waals surface area contributed by atoms with Crippen molar-refractivity contribution >= 4 is 39.1 Å². The molecule has 1 saturated heterocycles. The largest absolute Gasteiger partial charge is 0.379 e. The van der Waals surface area contributed by atoms with Gasteiger partial charge in [-0.2, -0.15) is 8.42 Å². The first kappa shape index (κ1) is 21.9. The standard InChI is InChI=1S/C24H19NO5S2/c1-17-6-5-7-19(14-17)16-25-23(26)22(31-24(25)27)15-18-10-12-20(13-11-18)30-32(28,29)21-8-3-2-4-9-21/h2-15H,16H2,1H3/b22-15-. The lowest BCUT2D eigenvalue weighted by Gasteiger charge is -2.12. The molecule has 2 amide bonds. The van der Waals surface area contributed by atoms with Gasteiger partial charge in [0.1, 0.15) is 10.6 Å². The number of hydrogen-bond donors (Lipinski definition) is 0. The molecule has 6 nitrogen and oxygen atoms in total. The number of carbonyl (C=O) groups excluding carboxylic acids is 2. The van der Waals surface area contributed by atoms with Crippen LogP contribution >= 0.6 is 11.8 Å². The van der Waals surface area contributed by atoms with Crippen LogP contribution in [0.4, 0.5) is 4.79 Å². The molecule has 0 aliphatic carbocycles. The Kier molecular flexibility index (Phi) is 6.16. The van der Waals surface area contributed by atoms with E-state index in [4.69, 9.17) is 4.18 Å². The van der Waals surface area contributed by atoms with Gasteiger partial charge in [-0.1, -0.05) is 60.2 Å². The van der Waals surface area contributed by atoms with Crippen molar-refractivity contribution in [3.05, 3.63) is 100 Å². The van der Waals surface area contributed by atoms with E-state index in [2.05, 4.69) is 0 Å². The van der Waals surface area contributed by atoms with E-state index >= 15 is 0 Å². The fourth-order valence-corrected chi connectivity index (χ4v) is 4.95. The third-order valence-electron chi connectivity index (χ3n) is 4.71. The summed E-state index contributed by atoms with van der Waals surface area (Å²) in [5, 5.41) is -0.323. The van der Waals surface area contributed by atoms with Crippen LogP contribution in [-0.4, -0.2) is 24.5 Å². The number of aryl methyl sites for hydroxylation is 1. The first-order chi connectivity index (χ1) is 15.3. The molecule has 0 unspecified atom stereocenters. The summed E-state index contributed by atoms with van der Waals surface area (Å²) < 4.78 is 29.8. The Morgan fingerprint density at radius 1 is 0.938 bits per heavy atom. The monoisotopic (exact) mass is 465 g/mol. The van der Waals surface area contributed by atoms with E-state index in [1.807, 2.05) is 31.2 Å². The summed E-state index contributed by atoms with van der Waals surface area (Å²) in [6, 6.07) is 21.8. The Morgan fingerprint density at radius 2 is 1.66 bits per heavy atom. The van der Waals surface area contributed by atoms with Crippen molar-refractivity contribution < 1.29 is 22.2 Å². The van der Waals surface area contributed by atoms with Crippen LogP contribution in [0.1, 0.15) is 16.7 Å². The number of nitrogens with zero attached hydrogens (tertiary/aromatic N) is 1. The van der Waals surface area contributed by atoms with E-state index in [0.29, 0.717) is 10.5 Å². The lowest BCUT2D eigenvalue weighted by Crippen LogP contribution is -2.27. The Balaban J connectivity index is 1.47. The van der Waals surface area contributed by atoms with Crippen LogP contribution in [0.25, 0.3) is 6.08 Å². The van der Waals surface area contributed by atoms with Gasteiger partial charge < -0.3 is 4.18 Å². The van der Waals surface area contributed by atoms with Crippen LogP contribution in [0, 0.1) is 6.92 Å². The second-order valence-electron chi connectivity index (χ2n) is 7.18. The molecular formula is C24H19NO5S2. The fraction of sp³-hybridized carbons (Fsp3) is 0.0833. The summed E-state index contributed by atoms with van der Waals surface area (Å²) >= 11 is 0.883. The number of rotatable bonds is 6. The molecule has 0 bridgehead atoms. The molecule has 0 spiro atoms. The number of amides is 2. The van der Waals surface area contributed by atoms with Gasteiger partial charge in [0, 0.05) is 0 Å². The Morgan fingerprint density at radius 3 is 2.34 bits per heavy atom. The Hall–Kier alpha value is -3.36. The first-order valence-electron chi connectivity index (χ1n) is 9.72. The Labute approximate surface area is 190 Å². The van der Waals surface area contributed by atoms with Crippen LogP contribution in [-0.2, 0) is 21.5 Å². The van der Waals surface area contributed by atoms with Gasteiger partial charge in [0.05, 0.1) is 11.4 Å². The van der Waals surface area contributed by atoms with Crippen molar-refractivity contribution in [2.24, 2.45) is 0 Å². The summed E-state index contributed by atoms with van der Waals surface area (Å²) in [6.07, 6.45) is 1.61. The van der Waals surface area contributed by atoms with Gasteiger partial charge in [0.25, 0.3) is 11.1 Å². The molecule has 3 aromatic carbocycles. The third-order valence-corrected chi connectivity index (χ3v) is 6.88. The fourth-order valence-electron chi connectivity index (χ4n) is 3.16. The topological polar surface area (TPSA) is 80.8 Å². The zero-order chi connectivity index (χ0) is 22.7. The molecule has 32 heavy (non-hydrogen) atoms. The minimum Gasteiger partial charge on any atom is -0.379 e. The highest BCUT2D eigenvalue weighted by molar-refractivity contribution is 8.18. The number of hydrogen-bond acceptors (Lipinski definition) is 6. The molecule has 1 heterocycles. The summed E-state index contributed by atoms with van der Waals surface area (Å²) in [6.45, 7) is 2.17. The molecule has 3 aromatic rings. The highest BCUT2D eigenvalue weighted by Crippen LogP contribution is 2.33. The van der Waals surface area contributed by atoms with E-state index in [0.717, 1.165) is 22.9 Å². The molecule has 1 fully saturated rings. The Bertz CT molecular complexity index is 1300. The normalized spacial score (nSPS) is 15.4. The lowest BCUT2D eigenvalue weighted by molar-refractivity contribution is -0.123. The summed E-state index contributed by atoms with van der Waals surface area (Å²) in [7, 11) is -3.93. The number of benzene rings is 3. The molecule has 8 heteroatoms. The number of imide groups is 1. The van der Waals surface area contributed by atoms with Crippen LogP contribution in [0.2, 0.25) is 0 Å². The average Bonchev–Trinajstić information content (AvgIpc) is 3.03. The van der Waals surface area contributed by atoms with E-state index in [1.54, 1.807) is 36.4 Å². The summed E-state index contributed by atoms with van der Waals surface area (Å²) in [5.41, 5.74) is 2.59. The van der Waals surface area contributed by atoms with Crippen molar-refractivity contribution in [1.82, 2.24) is 4.90 Å². The molecule has 0 saturated carbocycles. The van der Waals surface area contributed by atoms with Crippen molar-refractivity contribution in [1.29, 1.82) is 0 Å². The van der Waals surface area contributed by atoms with Crippen molar-refractivity contribution in [2.45, 2.75) is 18.4 Å². The third kappa shape index (κ3) is 4.92. The SMILES string of the molecule is Cc1cccc(CN2C(=O)S/C(=C\c3ccc(OS(=O)(=O)c4ccccc4)cc3)C2=O)c1. The van der Waals surface area contributed by atoms with Gasteiger partial charge in [-0.05, 0) is 60.2 Å². The molecule has 162 valence electrons. The first-order valence-corrected chi connectivity index (χ1v) is 11.9. The zero-order valence-corrected chi connectivity index (χ0v) is 18.7. The van der Waals surface area contributed by atoms with Gasteiger partial charge in [-0.25, -0.2) is 0 Å². The van der Waals surface area contributed by atoms with Crippen LogP contribution in [0.5, 0.6) is 5.75 Å². The number of carbonyl (C=O) groups is 2. The minimum absolute atomic E-state index is 0.0614. The second kappa shape index (κ2) is 9.02. The molecular weight excluding hydrogens is 446 g/mol. The van der Waals surface area contributed by atoms with E-state index in [1.165, 1.54) is 29.2 Å². The van der Waals surface area contributed by atoms with Gasteiger partial charge in [0.2, 0.25) is 0 Å².